The van der Waals surface area contributed by atoms with E-state index >= 15 is 0 Å². The molecule has 3 rings (SSSR count). The fourth-order valence-electron chi connectivity index (χ4n) is 2.34. The largest absolute Gasteiger partial charge is 0.485 e. The van der Waals surface area contributed by atoms with E-state index in [2.05, 4.69) is 40.2 Å². The summed E-state index contributed by atoms with van der Waals surface area (Å²) in [4.78, 5) is 0. The predicted molar refractivity (Wildman–Crippen MR) is 101 cm³/mol. The number of halogens is 1. The molecule has 0 N–H and O–H groups in total. The smallest absolute Gasteiger partial charge is 0.162 e. The molecule has 0 amide bonds. The molecular formula is C21H19BrO2. The number of hydrogen-bond acceptors (Lipinski definition) is 2. The Morgan fingerprint density at radius 1 is 0.583 bits per heavy atom. The van der Waals surface area contributed by atoms with Crippen molar-refractivity contribution in [2.24, 2.45) is 0 Å². The summed E-state index contributed by atoms with van der Waals surface area (Å²) >= 11 is 3.49. The average Bonchev–Trinajstić information content (AvgIpc) is 2.66. The average molecular weight is 383 g/mol. The van der Waals surface area contributed by atoms with Crippen LogP contribution in [0, 0.1) is 0 Å². The van der Waals surface area contributed by atoms with E-state index in [4.69, 9.17) is 9.47 Å². The molecule has 0 heterocycles. The number of ether oxygens (including phenoxy) is 2. The van der Waals surface area contributed by atoms with Gasteiger partial charge in [-0.25, -0.2) is 0 Å². The second-order valence-corrected chi connectivity index (χ2v) is 6.02. The summed E-state index contributed by atoms with van der Waals surface area (Å²) in [6.45, 7) is 1.05. The molecule has 122 valence electrons. The number of alkyl halides is 1. The van der Waals surface area contributed by atoms with Crippen molar-refractivity contribution in [2.45, 2.75) is 18.5 Å². The maximum atomic E-state index is 6.01. The quantitative estimate of drug-likeness (QED) is 0.485. The van der Waals surface area contributed by atoms with E-state index in [0.29, 0.717) is 13.2 Å². The molecule has 0 saturated heterocycles. The lowest BCUT2D eigenvalue weighted by Crippen LogP contribution is -2.01. The van der Waals surface area contributed by atoms with Crippen LogP contribution in [0.2, 0.25) is 0 Å². The normalized spacial score (nSPS) is 10.4. The van der Waals surface area contributed by atoms with Gasteiger partial charge < -0.3 is 9.47 Å². The Kier molecular flexibility index (Phi) is 5.91. The second kappa shape index (κ2) is 8.55. The molecule has 0 bridgehead atoms. The molecule has 0 atom stereocenters. The third-order valence-corrected chi connectivity index (χ3v) is 4.28. The molecule has 2 nitrogen and oxygen atoms in total. The standard InChI is InChI=1S/C21H19BrO2/c22-14-19-11-12-20(23-15-17-7-3-1-4-8-17)21(13-19)24-16-18-9-5-2-6-10-18/h1-13H,14-16H2. The highest BCUT2D eigenvalue weighted by atomic mass is 79.9. The second-order valence-electron chi connectivity index (χ2n) is 5.46. The summed E-state index contributed by atoms with van der Waals surface area (Å²) in [7, 11) is 0. The molecule has 0 unspecified atom stereocenters. The van der Waals surface area contributed by atoms with Gasteiger partial charge in [0, 0.05) is 5.33 Å². The molecule has 0 saturated carbocycles. The molecule has 24 heavy (non-hydrogen) atoms. The Bertz CT molecular complexity index is 757. The van der Waals surface area contributed by atoms with Crippen LogP contribution < -0.4 is 9.47 Å². The van der Waals surface area contributed by atoms with Crippen LogP contribution in [0.5, 0.6) is 11.5 Å². The zero-order valence-corrected chi connectivity index (χ0v) is 14.9. The van der Waals surface area contributed by atoms with E-state index in [1.807, 2.05) is 54.6 Å². The summed E-state index contributed by atoms with van der Waals surface area (Å²) in [5.41, 5.74) is 3.43. The minimum Gasteiger partial charge on any atom is -0.485 e. The third kappa shape index (κ3) is 4.62. The first-order chi connectivity index (χ1) is 11.8. The zero-order chi connectivity index (χ0) is 16.6. The van der Waals surface area contributed by atoms with Crippen molar-refractivity contribution in [1.82, 2.24) is 0 Å². The first-order valence-corrected chi connectivity index (χ1v) is 8.99. The van der Waals surface area contributed by atoms with Crippen molar-refractivity contribution in [3.8, 4) is 11.5 Å². The third-order valence-electron chi connectivity index (χ3n) is 3.64. The SMILES string of the molecule is BrCc1ccc(OCc2ccccc2)c(OCc2ccccc2)c1. The first kappa shape index (κ1) is 16.6. The van der Waals surface area contributed by atoms with Gasteiger partial charge in [-0.05, 0) is 28.8 Å². The summed E-state index contributed by atoms with van der Waals surface area (Å²) < 4.78 is 12.0. The lowest BCUT2D eigenvalue weighted by Gasteiger charge is -2.14. The number of hydrogen-bond donors (Lipinski definition) is 0. The van der Waals surface area contributed by atoms with E-state index in [1.165, 1.54) is 0 Å². The molecular weight excluding hydrogens is 364 g/mol. The van der Waals surface area contributed by atoms with Crippen molar-refractivity contribution in [1.29, 1.82) is 0 Å². The fraction of sp³-hybridized carbons (Fsp3) is 0.143. The van der Waals surface area contributed by atoms with Crippen LogP contribution in [0.1, 0.15) is 16.7 Å². The van der Waals surface area contributed by atoms with E-state index in [-0.39, 0.29) is 0 Å². The molecule has 3 heteroatoms. The van der Waals surface area contributed by atoms with Gasteiger partial charge in [0.25, 0.3) is 0 Å². The Morgan fingerprint density at radius 2 is 1.12 bits per heavy atom. The minimum atomic E-state index is 0.522. The minimum absolute atomic E-state index is 0.522. The lowest BCUT2D eigenvalue weighted by atomic mass is 10.2. The van der Waals surface area contributed by atoms with Gasteiger partial charge in [0.15, 0.2) is 11.5 Å². The van der Waals surface area contributed by atoms with Crippen LogP contribution in [0.25, 0.3) is 0 Å². The molecule has 0 fully saturated rings. The van der Waals surface area contributed by atoms with Crippen LogP contribution >= 0.6 is 15.9 Å². The predicted octanol–water partition coefficient (Wildman–Crippen LogP) is 5.74. The molecule has 0 aliphatic heterocycles. The molecule has 0 aliphatic carbocycles. The van der Waals surface area contributed by atoms with Crippen molar-refractivity contribution < 1.29 is 9.47 Å². The maximum Gasteiger partial charge on any atom is 0.162 e. The maximum absolute atomic E-state index is 6.01. The topological polar surface area (TPSA) is 18.5 Å². The number of rotatable bonds is 7. The van der Waals surface area contributed by atoms with Gasteiger partial charge in [0.05, 0.1) is 0 Å². The van der Waals surface area contributed by atoms with Crippen LogP contribution in [-0.4, -0.2) is 0 Å². The van der Waals surface area contributed by atoms with Gasteiger partial charge in [-0.1, -0.05) is 82.7 Å². The fourth-order valence-corrected chi connectivity index (χ4v) is 2.69. The van der Waals surface area contributed by atoms with Crippen molar-refractivity contribution in [3.05, 3.63) is 95.6 Å². The van der Waals surface area contributed by atoms with Gasteiger partial charge >= 0.3 is 0 Å². The molecule has 0 radical (unpaired) electrons. The van der Waals surface area contributed by atoms with E-state index in [0.717, 1.165) is 33.5 Å². The van der Waals surface area contributed by atoms with Crippen LogP contribution in [0.3, 0.4) is 0 Å². The van der Waals surface area contributed by atoms with Crippen LogP contribution in [0.15, 0.2) is 78.9 Å². The molecule has 0 spiro atoms. The Balaban J connectivity index is 1.72. The monoisotopic (exact) mass is 382 g/mol. The summed E-state index contributed by atoms with van der Waals surface area (Å²) in [6.07, 6.45) is 0. The van der Waals surface area contributed by atoms with Gasteiger partial charge in [0.2, 0.25) is 0 Å². The van der Waals surface area contributed by atoms with Gasteiger partial charge in [-0.2, -0.15) is 0 Å². The van der Waals surface area contributed by atoms with Crippen LogP contribution in [0.4, 0.5) is 0 Å². The molecule has 3 aromatic rings. The molecule has 3 aromatic carbocycles. The molecule has 0 aliphatic rings. The highest BCUT2D eigenvalue weighted by Crippen LogP contribution is 2.30. The zero-order valence-electron chi connectivity index (χ0n) is 13.3. The Labute approximate surface area is 151 Å². The van der Waals surface area contributed by atoms with E-state index in [1.54, 1.807) is 0 Å². The van der Waals surface area contributed by atoms with E-state index in [9.17, 15) is 0 Å². The van der Waals surface area contributed by atoms with Gasteiger partial charge in [-0.15, -0.1) is 0 Å². The van der Waals surface area contributed by atoms with Crippen molar-refractivity contribution in [2.75, 3.05) is 0 Å². The highest BCUT2D eigenvalue weighted by molar-refractivity contribution is 9.08. The Hall–Kier alpha value is -2.26. The highest BCUT2D eigenvalue weighted by Gasteiger charge is 2.08. The van der Waals surface area contributed by atoms with Crippen molar-refractivity contribution >= 4 is 15.9 Å². The van der Waals surface area contributed by atoms with Crippen LogP contribution in [-0.2, 0) is 18.5 Å². The first-order valence-electron chi connectivity index (χ1n) is 7.87. The van der Waals surface area contributed by atoms with E-state index < -0.39 is 0 Å². The van der Waals surface area contributed by atoms with Gasteiger partial charge in [-0.3, -0.25) is 0 Å². The van der Waals surface area contributed by atoms with Crippen molar-refractivity contribution in [3.63, 3.8) is 0 Å². The summed E-state index contributed by atoms with van der Waals surface area (Å²) in [5, 5.41) is 0.785. The number of benzene rings is 3. The summed E-state index contributed by atoms with van der Waals surface area (Å²) in [5.74, 6) is 1.53. The van der Waals surface area contributed by atoms with Gasteiger partial charge in [0.1, 0.15) is 13.2 Å². The molecule has 0 aromatic heterocycles. The summed E-state index contributed by atoms with van der Waals surface area (Å²) in [6, 6.07) is 26.3. The lowest BCUT2D eigenvalue weighted by molar-refractivity contribution is 0.256. The Morgan fingerprint density at radius 3 is 1.67 bits per heavy atom.